The van der Waals surface area contributed by atoms with Crippen LogP contribution in [-0.4, -0.2) is 29.9 Å². The number of carbonyl (C=O) groups excluding carboxylic acids is 2. The Labute approximate surface area is 169 Å². The summed E-state index contributed by atoms with van der Waals surface area (Å²) in [6.07, 6.45) is 0. The second kappa shape index (κ2) is 8.19. The number of carbonyl (C=O) groups is 2. The van der Waals surface area contributed by atoms with Gasteiger partial charge in [0.1, 0.15) is 0 Å². The summed E-state index contributed by atoms with van der Waals surface area (Å²) in [5, 5.41) is 0. The van der Waals surface area contributed by atoms with E-state index in [0.29, 0.717) is 35.5 Å². The molecule has 5 heteroatoms. The number of ether oxygens (including phenoxy) is 2. The fourth-order valence-corrected chi connectivity index (χ4v) is 3.29. The first-order valence-electron chi connectivity index (χ1n) is 9.53. The summed E-state index contributed by atoms with van der Waals surface area (Å²) in [6, 6.07) is 21.6. The van der Waals surface area contributed by atoms with E-state index in [-0.39, 0.29) is 18.5 Å². The van der Waals surface area contributed by atoms with Gasteiger partial charge in [0.15, 0.2) is 17.3 Å². The van der Waals surface area contributed by atoms with Crippen molar-refractivity contribution >= 4 is 11.7 Å². The van der Waals surface area contributed by atoms with Gasteiger partial charge in [-0.05, 0) is 36.8 Å². The summed E-state index contributed by atoms with van der Waals surface area (Å²) >= 11 is 0. The monoisotopic (exact) mass is 387 g/mol. The van der Waals surface area contributed by atoms with Gasteiger partial charge in [0.05, 0.1) is 0 Å². The summed E-state index contributed by atoms with van der Waals surface area (Å²) in [7, 11) is 0. The molecule has 0 saturated carbocycles. The number of ketones is 1. The average Bonchev–Trinajstić information content (AvgIpc) is 3.25. The zero-order valence-electron chi connectivity index (χ0n) is 16.1. The molecule has 1 aliphatic heterocycles. The first-order valence-corrected chi connectivity index (χ1v) is 9.53. The highest BCUT2D eigenvalue weighted by Gasteiger charge is 2.18. The van der Waals surface area contributed by atoms with E-state index in [1.807, 2.05) is 43.3 Å². The first kappa shape index (κ1) is 18.7. The Bertz CT molecular complexity index is 1030. The predicted octanol–water partition coefficient (Wildman–Crippen LogP) is 4.31. The van der Waals surface area contributed by atoms with Crippen molar-refractivity contribution in [1.82, 2.24) is 4.90 Å². The minimum Gasteiger partial charge on any atom is -0.454 e. The molecule has 1 heterocycles. The molecule has 0 radical (unpaired) electrons. The molecule has 5 nitrogen and oxygen atoms in total. The van der Waals surface area contributed by atoms with Crippen molar-refractivity contribution in [3.63, 3.8) is 0 Å². The van der Waals surface area contributed by atoms with E-state index in [2.05, 4.69) is 0 Å². The number of amides is 1. The Morgan fingerprint density at radius 2 is 1.48 bits per heavy atom. The lowest BCUT2D eigenvalue weighted by Gasteiger charge is -2.21. The number of hydrogen-bond acceptors (Lipinski definition) is 4. The van der Waals surface area contributed by atoms with Crippen LogP contribution in [0.25, 0.3) is 0 Å². The van der Waals surface area contributed by atoms with Crippen LogP contribution in [-0.2, 0) is 6.54 Å². The van der Waals surface area contributed by atoms with Crippen molar-refractivity contribution in [2.75, 3.05) is 13.3 Å². The van der Waals surface area contributed by atoms with Crippen LogP contribution >= 0.6 is 0 Å². The molecule has 146 valence electrons. The Morgan fingerprint density at radius 1 is 0.828 bits per heavy atom. The molecule has 0 fully saturated rings. The van der Waals surface area contributed by atoms with Crippen molar-refractivity contribution < 1.29 is 19.1 Å². The Kier molecular flexibility index (Phi) is 5.29. The van der Waals surface area contributed by atoms with Gasteiger partial charge in [0.25, 0.3) is 5.91 Å². The van der Waals surface area contributed by atoms with Crippen molar-refractivity contribution in [3.05, 3.63) is 95.1 Å². The summed E-state index contributed by atoms with van der Waals surface area (Å²) in [4.78, 5) is 27.2. The quantitative estimate of drug-likeness (QED) is 0.592. The van der Waals surface area contributed by atoms with Gasteiger partial charge in [-0.1, -0.05) is 48.5 Å². The van der Waals surface area contributed by atoms with Crippen LogP contribution in [0.5, 0.6) is 11.5 Å². The Balaban J connectivity index is 1.48. The van der Waals surface area contributed by atoms with Crippen molar-refractivity contribution in [3.8, 4) is 11.5 Å². The number of hydrogen-bond donors (Lipinski definition) is 0. The lowest BCUT2D eigenvalue weighted by molar-refractivity contribution is 0.0752. The van der Waals surface area contributed by atoms with E-state index in [1.54, 1.807) is 41.3 Å². The molecular formula is C24H21NO4. The van der Waals surface area contributed by atoms with Gasteiger partial charge in [0.2, 0.25) is 6.79 Å². The van der Waals surface area contributed by atoms with E-state index >= 15 is 0 Å². The van der Waals surface area contributed by atoms with E-state index in [9.17, 15) is 9.59 Å². The third-order valence-electron chi connectivity index (χ3n) is 4.91. The Morgan fingerprint density at radius 3 is 2.21 bits per heavy atom. The Hall–Kier alpha value is -3.60. The summed E-state index contributed by atoms with van der Waals surface area (Å²) in [5.41, 5.74) is 2.72. The average molecular weight is 387 g/mol. The van der Waals surface area contributed by atoms with E-state index in [4.69, 9.17) is 9.47 Å². The fraction of sp³-hybridized carbons (Fsp3) is 0.167. The van der Waals surface area contributed by atoms with Crippen LogP contribution < -0.4 is 9.47 Å². The lowest BCUT2D eigenvalue weighted by atomic mass is 10.0. The molecule has 1 aliphatic rings. The van der Waals surface area contributed by atoms with E-state index < -0.39 is 0 Å². The number of benzene rings is 3. The standard InChI is InChI=1S/C24H21NO4/c1-2-25(15-17-8-13-21-22(14-17)29-16-28-21)24(27)20-11-9-19(10-12-20)23(26)18-6-4-3-5-7-18/h3-14H,2,15-16H2,1H3. The summed E-state index contributed by atoms with van der Waals surface area (Å²) < 4.78 is 10.7. The molecule has 0 atom stereocenters. The van der Waals surface area contributed by atoms with Crippen molar-refractivity contribution in [1.29, 1.82) is 0 Å². The topological polar surface area (TPSA) is 55.8 Å². The van der Waals surface area contributed by atoms with Crippen LogP contribution in [0.2, 0.25) is 0 Å². The highest BCUT2D eigenvalue weighted by molar-refractivity contribution is 6.09. The molecule has 3 aromatic carbocycles. The highest BCUT2D eigenvalue weighted by atomic mass is 16.7. The van der Waals surface area contributed by atoms with Crippen LogP contribution in [0.3, 0.4) is 0 Å². The molecule has 0 N–H and O–H groups in total. The van der Waals surface area contributed by atoms with Gasteiger partial charge in [-0.15, -0.1) is 0 Å². The zero-order chi connectivity index (χ0) is 20.2. The minimum absolute atomic E-state index is 0.0580. The second-order valence-electron chi connectivity index (χ2n) is 6.78. The van der Waals surface area contributed by atoms with E-state index in [0.717, 1.165) is 11.3 Å². The second-order valence-corrected chi connectivity index (χ2v) is 6.78. The maximum atomic E-state index is 13.0. The molecule has 0 unspecified atom stereocenters. The van der Waals surface area contributed by atoms with Gasteiger partial charge < -0.3 is 14.4 Å². The summed E-state index contributed by atoms with van der Waals surface area (Å²) in [5.74, 6) is 1.29. The SMILES string of the molecule is CCN(Cc1ccc2c(c1)OCO2)C(=O)c1ccc(C(=O)c2ccccc2)cc1. The number of rotatable bonds is 6. The third kappa shape index (κ3) is 3.99. The minimum atomic E-state index is -0.0797. The zero-order valence-corrected chi connectivity index (χ0v) is 16.1. The normalized spacial score (nSPS) is 11.9. The number of nitrogens with zero attached hydrogens (tertiary/aromatic N) is 1. The molecule has 0 bridgehead atoms. The van der Waals surface area contributed by atoms with Gasteiger partial charge in [-0.3, -0.25) is 9.59 Å². The van der Waals surface area contributed by atoms with Gasteiger partial charge in [-0.25, -0.2) is 0 Å². The largest absolute Gasteiger partial charge is 0.454 e. The van der Waals surface area contributed by atoms with Crippen molar-refractivity contribution in [2.45, 2.75) is 13.5 Å². The molecule has 3 aromatic rings. The van der Waals surface area contributed by atoms with Gasteiger partial charge >= 0.3 is 0 Å². The molecule has 4 rings (SSSR count). The van der Waals surface area contributed by atoms with Crippen LogP contribution in [0.1, 0.15) is 38.8 Å². The van der Waals surface area contributed by atoms with Crippen LogP contribution in [0.15, 0.2) is 72.8 Å². The summed E-state index contributed by atoms with van der Waals surface area (Å²) in [6.45, 7) is 3.20. The molecule has 0 aliphatic carbocycles. The molecule has 0 aromatic heterocycles. The fourth-order valence-electron chi connectivity index (χ4n) is 3.29. The molecule has 29 heavy (non-hydrogen) atoms. The lowest BCUT2D eigenvalue weighted by Crippen LogP contribution is -2.30. The van der Waals surface area contributed by atoms with E-state index in [1.165, 1.54) is 0 Å². The predicted molar refractivity (Wildman–Crippen MR) is 109 cm³/mol. The molecule has 0 spiro atoms. The smallest absolute Gasteiger partial charge is 0.254 e. The first-order chi connectivity index (χ1) is 14.2. The van der Waals surface area contributed by atoms with Crippen LogP contribution in [0, 0.1) is 0 Å². The molecule has 0 saturated heterocycles. The number of fused-ring (bicyclic) bond motifs is 1. The van der Waals surface area contributed by atoms with Crippen LogP contribution in [0.4, 0.5) is 0 Å². The maximum absolute atomic E-state index is 13.0. The maximum Gasteiger partial charge on any atom is 0.254 e. The molecule has 1 amide bonds. The van der Waals surface area contributed by atoms with Gasteiger partial charge in [0, 0.05) is 29.8 Å². The highest BCUT2D eigenvalue weighted by Crippen LogP contribution is 2.32. The van der Waals surface area contributed by atoms with Crippen molar-refractivity contribution in [2.24, 2.45) is 0 Å². The molecular weight excluding hydrogens is 366 g/mol. The van der Waals surface area contributed by atoms with Gasteiger partial charge in [-0.2, -0.15) is 0 Å². The third-order valence-corrected chi connectivity index (χ3v) is 4.91.